The zero-order valence-electron chi connectivity index (χ0n) is 11.2. The molecule has 0 radical (unpaired) electrons. The van der Waals surface area contributed by atoms with Crippen molar-refractivity contribution in [1.29, 1.82) is 0 Å². The van der Waals surface area contributed by atoms with E-state index in [9.17, 15) is 0 Å². The Balaban J connectivity index is 1.85. The van der Waals surface area contributed by atoms with E-state index >= 15 is 0 Å². The lowest BCUT2D eigenvalue weighted by Gasteiger charge is -2.28. The summed E-state index contributed by atoms with van der Waals surface area (Å²) in [6.45, 7) is 6.93. The van der Waals surface area contributed by atoms with Crippen LogP contribution in [-0.2, 0) is 0 Å². The number of fused-ring (bicyclic) bond motifs is 1. The van der Waals surface area contributed by atoms with Gasteiger partial charge in [-0.3, -0.25) is 4.90 Å². The molecule has 1 atom stereocenters. The molecular formula is C15H23N3. The third-order valence-corrected chi connectivity index (χ3v) is 4.45. The third-order valence-electron chi connectivity index (χ3n) is 4.45. The number of rotatable bonds is 1. The van der Waals surface area contributed by atoms with E-state index in [-0.39, 0.29) is 0 Å². The van der Waals surface area contributed by atoms with Gasteiger partial charge < -0.3 is 10.6 Å². The molecule has 2 aliphatic rings. The van der Waals surface area contributed by atoms with E-state index in [2.05, 4.69) is 34.9 Å². The van der Waals surface area contributed by atoms with Gasteiger partial charge >= 0.3 is 0 Å². The van der Waals surface area contributed by atoms with Crippen LogP contribution in [0.3, 0.4) is 0 Å². The molecule has 98 valence electrons. The summed E-state index contributed by atoms with van der Waals surface area (Å²) in [6.07, 6.45) is 3.97. The van der Waals surface area contributed by atoms with Gasteiger partial charge in [-0.15, -0.1) is 0 Å². The van der Waals surface area contributed by atoms with Crippen molar-refractivity contribution < 1.29 is 0 Å². The molecule has 0 amide bonds. The maximum absolute atomic E-state index is 6.25. The zero-order valence-corrected chi connectivity index (χ0v) is 11.2. The first-order valence-corrected chi connectivity index (χ1v) is 7.10. The van der Waals surface area contributed by atoms with Crippen LogP contribution >= 0.6 is 0 Å². The largest absolute Gasteiger partial charge is 0.397 e. The summed E-state index contributed by atoms with van der Waals surface area (Å²) in [7, 11) is 0. The first-order chi connectivity index (χ1) is 8.75. The number of para-hydroxylation sites is 1. The minimum absolute atomic E-state index is 0.743. The highest BCUT2D eigenvalue weighted by Crippen LogP contribution is 2.30. The van der Waals surface area contributed by atoms with Crippen molar-refractivity contribution in [3.63, 3.8) is 0 Å². The van der Waals surface area contributed by atoms with Crippen molar-refractivity contribution in [1.82, 2.24) is 4.90 Å². The predicted molar refractivity (Wildman–Crippen MR) is 77.0 cm³/mol. The number of nitrogen functional groups attached to an aromatic ring is 1. The van der Waals surface area contributed by atoms with Crippen molar-refractivity contribution in [2.75, 3.05) is 36.8 Å². The molecule has 3 heteroatoms. The van der Waals surface area contributed by atoms with Gasteiger partial charge in [-0.1, -0.05) is 12.1 Å². The van der Waals surface area contributed by atoms with Gasteiger partial charge in [0.2, 0.25) is 0 Å². The summed E-state index contributed by atoms with van der Waals surface area (Å²) < 4.78 is 0. The van der Waals surface area contributed by atoms with E-state index in [4.69, 9.17) is 5.73 Å². The highest BCUT2D eigenvalue weighted by atomic mass is 15.3. The van der Waals surface area contributed by atoms with Crippen LogP contribution in [0.25, 0.3) is 0 Å². The van der Waals surface area contributed by atoms with Crippen molar-refractivity contribution in [2.45, 2.75) is 32.2 Å². The zero-order chi connectivity index (χ0) is 12.5. The molecule has 0 aliphatic carbocycles. The first kappa shape index (κ1) is 11.8. The van der Waals surface area contributed by atoms with E-state index in [0.29, 0.717) is 0 Å². The minimum atomic E-state index is 0.743. The Morgan fingerprint density at radius 1 is 1.17 bits per heavy atom. The van der Waals surface area contributed by atoms with E-state index in [0.717, 1.165) is 24.8 Å². The normalized spacial score (nSPS) is 24.9. The quantitative estimate of drug-likeness (QED) is 0.770. The number of anilines is 2. The van der Waals surface area contributed by atoms with Crippen molar-refractivity contribution in [3.8, 4) is 0 Å². The van der Waals surface area contributed by atoms with Crippen molar-refractivity contribution >= 4 is 11.4 Å². The fraction of sp³-hybridized carbons (Fsp3) is 0.600. The van der Waals surface area contributed by atoms with Gasteiger partial charge in [0.25, 0.3) is 0 Å². The average Bonchev–Trinajstić information content (AvgIpc) is 2.70. The maximum atomic E-state index is 6.25. The molecule has 18 heavy (non-hydrogen) atoms. The lowest BCUT2D eigenvalue weighted by molar-refractivity contribution is 0.273. The molecule has 3 rings (SSSR count). The van der Waals surface area contributed by atoms with Crippen LogP contribution in [0.15, 0.2) is 18.2 Å². The van der Waals surface area contributed by atoms with Crippen LogP contribution in [0.4, 0.5) is 11.4 Å². The molecule has 0 saturated carbocycles. The summed E-state index contributed by atoms with van der Waals surface area (Å²) >= 11 is 0. The Kier molecular flexibility index (Phi) is 3.16. The van der Waals surface area contributed by atoms with E-state index in [1.165, 1.54) is 43.6 Å². The highest BCUT2D eigenvalue weighted by molar-refractivity contribution is 5.71. The highest BCUT2D eigenvalue weighted by Gasteiger charge is 2.29. The second-order valence-corrected chi connectivity index (χ2v) is 5.64. The lowest BCUT2D eigenvalue weighted by atomic mass is 10.1. The maximum Gasteiger partial charge on any atom is 0.0603 e. The Morgan fingerprint density at radius 3 is 2.89 bits per heavy atom. The summed E-state index contributed by atoms with van der Waals surface area (Å²) in [4.78, 5) is 5.16. The fourth-order valence-electron chi connectivity index (χ4n) is 3.37. The fourth-order valence-corrected chi connectivity index (χ4v) is 3.37. The smallest absolute Gasteiger partial charge is 0.0603 e. The molecule has 0 bridgehead atoms. The standard InChI is InChI=1S/C15H23N3/c1-12-5-2-7-14(15(12)16)18-10-4-9-17-8-3-6-13(17)11-18/h2,5,7,13H,3-4,6,8-11,16H2,1H3. The third kappa shape index (κ3) is 2.07. The van der Waals surface area contributed by atoms with Gasteiger partial charge in [-0.25, -0.2) is 0 Å². The SMILES string of the molecule is Cc1cccc(N2CCCN3CCCC3C2)c1N. The first-order valence-electron chi connectivity index (χ1n) is 7.10. The van der Waals surface area contributed by atoms with Gasteiger partial charge in [-0.2, -0.15) is 0 Å². The number of hydrogen-bond donors (Lipinski definition) is 1. The monoisotopic (exact) mass is 245 g/mol. The Labute approximate surface area is 110 Å². The second kappa shape index (κ2) is 4.81. The van der Waals surface area contributed by atoms with Crippen molar-refractivity contribution in [3.05, 3.63) is 23.8 Å². The molecule has 0 spiro atoms. The molecule has 2 N–H and O–H groups in total. The second-order valence-electron chi connectivity index (χ2n) is 5.64. The Hall–Kier alpha value is -1.22. The molecule has 2 fully saturated rings. The molecular weight excluding hydrogens is 222 g/mol. The summed E-state index contributed by atoms with van der Waals surface area (Å²) in [6, 6.07) is 7.14. The number of hydrogen-bond acceptors (Lipinski definition) is 3. The molecule has 0 aromatic heterocycles. The molecule has 1 aromatic carbocycles. The van der Waals surface area contributed by atoms with Crippen LogP contribution in [0, 0.1) is 6.92 Å². The molecule has 2 heterocycles. The summed E-state index contributed by atoms with van der Waals surface area (Å²) in [5.41, 5.74) is 9.64. The van der Waals surface area contributed by atoms with Crippen LogP contribution in [-0.4, -0.2) is 37.1 Å². The van der Waals surface area contributed by atoms with Gasteiger partial charge in [0.05, 0.1) is 11.4 Å². The molecule has 1 unspecified atom stereocenters. The number of nitrogens with zero attached hydrogens (tertiary/aromatic N) is 2. The average molecular weight is 245 g/mol. The summed E-state index contributed by atoms with van der Waals surface area (Å²) in [5, 5.41) is 0. The van der Waals surface area contributed by atoms with E-state index < -0.39 is 0 Å². The number of benzene rings is 1. The summed E-state index contributed by atoms with van der Waals surface area (Å²) in [5.74, 6) is 0. The topological polar surface area (TPSA) is 32.5 Å². The lowest BCUT2D eigenvalue weighted by Crippen LogP contribution is -2.36. The van der Waals surface area contributed by atoms with Gasteiger partial charge in [-0.05, 0) is 44.4 Å². The van der Waals surface area contributed by atoms with Crippen LogP contribution < -0.4 is 10.6 Å². The molecule has 2 aliphatic heterocycles. The van der Waals surface area contributed by atoms with Gasteiger partial charge in [0.15, 0.2) is 0 Å². The number of aryl methyl sites for hydroxylation is 1. The Morgan fingerprint density at radius 2 is 2.00 bits per heavy atom. The predicted octanol–water partition coefficient (Wildman–Crippen LogP) is 2.25. The van der Waals surface area contributed by atoms with Crippen LogP contribution in [0.2, 0.25) is 0 Å². The molecule has 1 aromatic rings. The van der Waals surface area contributed by atoms with E-state index in [1.54, 1.807) is 0 Å². The van der Waals surface area contributed by atoms with Gasteiger partial charge in [0.1, 0.15) is 0 Å². The minimum Gasteiger partial charge on any atom is -0.397 e. The Bertz CT molecular complexity index is 430. The van der Waals surface area contributed by atoms with Crippen molar-refractivity contribution in [2.24, 2.45) is 0 Å². The van der Waals surface area contributed by atoms with Crippen LogP contribution in [0.1, 0.15) is 24.8 Å². The molecule has 2 saturated heterocycles. The van der Waals surface area contributed by atoms with Crippen LogP contribution in [0.5, 0.6) is 0 Å². The molecule has 3 nitrogen and oxygen atoms in total. The van der Waals surface area contributed by atoms with E-state index in [1.807, 2.05) is 0 Å². The van der Waals surface area contributed by atoms with Gasteiger partial charge in [0, 0.05) is 25.7 Å². The number of nitrogens with two attached hydrogens (primary N) is 1.